The lowest BCUT2D eigenvalue weighted by Crippen LogP contribution is -2.25. The van der Waals surface area contributed by atoms with Gasteiger partial charge in [-0.25, -0.2) is 0 Å². The number of hydrogen-bond acceptors (Lipinski definition) is 2. The minimum atomic E-state index is -0.0427. The summed E-state index contributed by atoms with van der Waals surface area (Å²) in [6.07, 6.45) is 6.40. The van der Waals surface area contributed by atoms with Gasteiger partial charge in [0.25, 0.3) is 0 Å². The third kappa shape index (κ3) is 1.74. The number of rotatable bonds is 3. The quantitative estimate of drug-likeness (QED) is 0.819. The van der Waals surface area contributed by atoms with Crippen LogP contribution in [-0.4, -0.2) is 6.10 Å². The molecule has 2 saturated carbocycles. The molecular weight excluding hydrogens is 186 g/mol. The molecule has 0 aliphatic heterocycles. The number of ether oxygens (including phenoxy) is 1. The minimum Gasteiger partial charge on any atom is -0.490 e. The van der Waals surface area contributed by atoms with Crippen molar-refractivity contribution in [3.8, 4) is 5.75 Å². The van der Waals surface area contributed by atoms with Gasteiger partial charge in [-0.05, 0) is 49.8 Å². The molecular formula is C13H17NO. The monoisotopic (exact) mass is 203 g/mol. The molecule has 0 spiro atoms. The molecule has 1 aromatic rings. The van der Waals surface area contributed by atoms with E-state index in [9.17, 15) is 0 Å². The van der Waals surface area contributed by atoms with E-state index >= 15 is 0 Å². The van der Waals surface area contributed by atoms with Gasteiger partial charge < -0.3 is 10.5 Å². The lowest BCUT2D eigenvalue weighted by Gasteiger charge is -2.26. The first-order valence-corrected chi connectivity index (χ1v) is 5.82. The number of nitrogens with two attached hydrogens (primary N) is 1. The van der Waals surface area contributed by atoms with E-state index in [4.69, 9.17) is 10.5 Å². The molecule has 0 heterocycles. The SMILES string of the molecule is NC1(c2cccc(OC3CCC3)c2)CC1. The highest BCUT2D eigenvalue weighted by Crippen LogP contribution is 2.43. The van der Waals surface area contributed by atoms with Crippen molar-refractivity contribution in [2.75, 3.05) is 0 Å². The van der Waals surface area contributed by atoms with E-state index in [1.54, 1.807) is 0 Å². The van der Waals surface area contributed by atoms with Crippen LogP contribution in [0.4, 0.5) is 0 Å². The van der Waals surface area contributed by atoms with Crippen LogP contribution < -0.4 is 10.5 Å². The lowest BCUT2D eigenvalue weighted by atomic mass is 9.96. The third-order valence-electron chi connectivity index (χ3n) is 3.55. The molecule has 2 nitrogen and oxygen atoms in total. The van der Waals surface area contributed by atoms with Crippen LogP contribution in [0.2, 0.25) is 0 Å². The molecule has 0 aromatic heterocycles. The van der Waals surface area contributed by atoms with Crippen molar-refractivity contribution in [3.05, 3.63) is 29.8 Å². The second kappa shape index (κ2) is 3.24. The maximum absolute atomic E-state index is 6.16. The lowest BCUT2D eigenvalue weighted by molar-refractivity contribution is 0.120. The highest BCUT2D eigenvalue weighted by Gasteiger charge is 2.40. The average Bonchev–Trinajstić information content (AvgIpc) is 2.93. The fraction of sp³-hybridized carbons (Fsp3) is 0.538. The Labute approximate surface area is 90.4 Å². The smallest absolute Gasteiger partial charge is 0.120 e. The van der Waals surface area contributed by atoms with E-state index in [1.807, 2.05) is 6.07 Å². The van der Waals surface area contributed by atoms with Crippen molar-refractivity contribution in [2.45, 2.75) is 43.7 Å². The molecule has 0 bridgehead atoms. The van der Waals surface area contributed by atoms with Crippen LogP contribution in [0.25, 0.3) is 0 Å². The summed E-state index contributed by atoms with van der Waals surface area (Å²) in [5.74, 6) is 0.994. The van der Waals surface area contributed by atoms with E-state index in [2.05, 4.69) is 18.2 Å². The first-order chi connectivity index (χ1) is 7.26. The zero-order valence-electron chi connectivity index (χ0n) is 8.91. The van der Waals surface area contributed by atoms with Crippen molar-refractivity contribution < 1.29 is 4.74 Å². The van der Waals surface area contributed by atoms with E-state index in [-0.39, 0.29) is 5.54 Å². The fourth-order valence-corrected chi connectivity index (χ4v) is 1.98. The van der Waals surface area contributed by atoms with Gasteiger partial charge in [-0.3, -0.25) is 0 Å². The minimum absolute atomic E-state index is 0.0427. The third-order valence-corrected chi connectivity index (χ3v) is 3.55. The topological polar surface area (TPSA) is 35.2 Å². The largest absolute Gasteiger partial charge is 0.490 e. The zero-order valence-corrected chi connectivity index (χ0v) is 8.91. The average molecular weight is 203 g/mol. The van der Waals surface area contributed by atoms with Gasteiger partial charge >= 0.3 is 0 Å². The van der Waals surface area contributed by atoms with Gasteiger partial charge in [0.15, 0.2) is 0 Å². The fourth-order valence-electron chi connectivity index (χ4n) is 1.98. The van der Waals surface area contributed by atoms with Gasteiger partial charge in [-0.15, -0.1) is 0 Å². The maximum atomic E-state index is 6.16. The van der Waals surface area contributed by atoms with Crippen LogP contribution >= 0.6 is 0 Å². The predicted molar refractivity (Wildman–Crippen MR) is 59.8 cm³/mol. The normalized spacial score (nSPS) is 23.3. The van der Waals surface area contributed by atoms with Crippen LogP contribution in [0, 0.1) is 0 Å². The Morgan fingerprint density at radius 2 is 2.07 bits per heavy atom. The van der Waals surface area contributed by atoms with Gasteiger partial charge in [0, 0.05) is 5.54 Å². The summed E-state index contributed by atoms with van der Waals surface area (Å²) in [4.78, 5) is 0. The van der Waals surface area contributed by atoms with E-state index in [0.717, 1.165) is 18.6 Å². The van der Waals surface area contributed by atoms with Crippen molar-refractivity contribution in [1.82, 2.24) is 0 Å². The molecule has 2 aliphatic carbocycles. The second-order valence-corrected chi connectivity index (χ2v) is 4.85. The number of benzene rings is 1. The Morgan fingerprint density at radius 3 is 2.67 bits per heavy atom. The summed E-state index contributed by atoms with van der Waals surface area (Å²) < 4.78 is 5.86. The number of hydrogen-bond donors (Lipinski definition) is 1. The van der Waals surface area contributed by atoms with Crippen LogP contribution in [0.1, 0.15) is 37.7 Å². The van der Waals surface area contributed by atoms with Gasteiger partial charge in [0.05, 0.1) is 6.10 Å². The molecule has 1 aromatic carbocycles. The van der Waals surface area contributed by atoms with Crippen LogP contribution in [0.15, 0.2) is 24.3 Å². The van der Waals surface area contributed by atoms with Gasteiger partial charge in [0.2, 0.25) is 0 Å². The summed E-state index contributed by atoms with van der Waals surface area (Å²) in [6, 6.07) is 8.32. The molecule has 2 aliphatic rings. The second-order valence-electron chi connectivity index (χ2n) is 4.85. The van der Waals surface area contributed by atoms with Gasteiger partial charge in [0.1, 0.15) is 5.75 Å². The Hall–Kier alpha value is -1.02. The van der Waals surface area contributed by atoms with E-state index in [0.29, 0.717) is 6.10 Å². The van der Waals surface area contributed by atoms with Crippen molar-refractivity contribution in [2.24, 2.45) is 5.73 Å². The summed E-state index contributed by atoms with van der Waals surface area (Å²) >= 11 is 0. The van der Waals surface area contributed by atoms with Crippen molar-refractivity contribution >= 4 is 0 Å². The highest BCUT2D eigenvalue weighted by molar-refractivity contribution is 5.36. The first-order valence-electron chi connectivity index (χ1n) is 5.82. The summed E-state index contributed by atoms with van der Waals surface area (Å²) in [5, 5.41) is 0. The highest BCUT2D eigenvalue weighted by atomic mass is 16.5. The molecule has 0 atom stereocenters. The molecule has 15 heavy (non-hydrogen) atoms. The summed E-state index contributed by atoms with van der Waals surface area (Å²) in [7, 11) is 0. The van der Waals surface area contributed by atoms with E-state index < -0.39 is 0 Å². The Bertz CT molecular complexity index is 367. The van der Waals surface area contributed by atoms with Crippen molar-refractivity contribution in [3.63, 3.8) is 0 Å². The Balaban J connectivity index is 1.77. The van der Waals surface area contributed by atoms with Crippen molar-refractivity contribution in [1.29, 1.82) is 0 Å². The standard InChI is InChI=1S/C13H17NO/c14-13(7-8-13)10-3-1-6-12(9-10)15-11-4-2-5-11/h1,3,6,9,11H,2,4-5,7-8,14H2. The van der Waals surface area contributed by atoms with Crippen LogP contribution in [-0.2, 0) is 5.54 Å². The summed E-state index contributed by atoms with van der Waals surface area (Å²) in [5.41, 5.74) is 7.35. The first kappa shape index (κ1) is 9.22. The molecule has 2 heteroatoms. The molecule has 0 unspecified atom stereocenters. The van der Waals surface area contributed by atoms with E-state index in [1.165, 1.54) is 24.8 Å². The molecule has 0 amide bonds. The molecule has 2 fully saturated rings. The Morgan fingerprint density at radius 1 is 1.27 bits per heavy atom. The summed E-state index contributed by atoms with van der Waals surface area (Å²) in [6.45, 7) is 0. The molecule has 0 saturated heterocycles. The van der Waals surface area contributed by atoms with Gasteiger partial charge in [-0.1, -0.05) is 12.1 Å². The predicted octanol–water partition coefficient (Wildman–Crippen LogP) is 2.57. The van der Waals surface area contributed by atoms with Gasteiger partial charge in [-0.2, -0.15) is 0 Å². The van der Waals surface area contributed by atoms with Crippen LogP contribution in [0.3, 0.4) is 0 Å². The zero-order chi connectivity index (χ0) is 10.3. The Kier molecular flexibility index (Phi) is 1.99. The molecule has 2 N–H and O–H groups in total. The molecule has 0 radical (unpaired) electrons. The molecule has 80 valence electrons. The van der Waals surface area contributed by atoms with Crippen LogP contribution in [0.5, 0.6) is 5.75 Å². The maximum Gasteiger partial charge on any atom is 0.120 e. The molecule has 3 rings (SSSR count).